The van der Waals surface area contributed by atoms with Gasteiger partial charge in [0.1, 0.15) is 12.9 Å². The number of benzene rings is 1. The van der Waals surface area contributed by atoms with Crippen LogP contribution in [0.25, 0.3) is 5.65 Å². The number of urea groups is 1. The minimum atomic E-state index is -4.45. The first-order valence-corrected chi connectivity index (χ1v) is 10.7. The van der Waals surface area contributed by atoms with Crippen molar-refractivity contribution in [1.29, 1.82) is 0 Å². The topological polar surface area (TPSA) is 108 Å². The number of piperidine rings is 1. The summed E-state index contributed by atoms with van der Waals surface area (Å²) in [5.41, 5.74) is -0.327. The molecule has 14 heteroatoms. The zero-order valence-electron chi connectivity index (χ0n) is 18.3. The molecule has 3 amide bonds. The van der Waals surface area contributed by atoms with Crippen molar-refractivity contribution in [1.82, 2.24) is 29.8 Å². The van der Waals surface area contributed by atoms with Gasteiger partial charge in [-0.1, -0.05) is 0 Å². The average molecular weight is 511 g/mol. The minimum absolute atomic E-state index is 0. The number of amides is 3. The molecule has 5 rings (SSSR count). The Kier molecular flexibility index (Phi) is 6.45. The summed E-state index contributed by atoms with van der Waals surface area (Å²) in [6.07, 6.45) is 0.0117. The van der Waals surface area contributed by atoms with Crippen LogP contribution in [-0.2, 0) is 11.0 Å². The maximum Gasteiger partial charge on any atom is 0.416 e. The molecule has 0 saturated carbocycles. The smallest absolute Gasteiger partial charge is 0.341 e. The number of halogens is 4. The molecule has 0 bridgehead atoms. The quantitative estimate of drug-likeness (QED) is 0.558. The van der Waals surface area contributed by atoms with Gasteiger partial charge in [-0.05, 0) is 37.1 Å². The highest BCUT2D eigenvalue weighted by Crippen LogP contribution is 2.31. The highest BCUT2D eigenvalue weighted by Gasteiger charge is 2.45. The third kappa shape index (κ3) is 4.94. The van der Waals surface area contributed by atoms with Crippen molar-refractivity contribution in [3.63, 3.8) is 0 Å². The van der Waals surface area contributed by atoms with Crippen LogP contribution in [0.5, 0.6) is 0 Å². The van der Waals surface area contributed by atoms with Gasteiger partial charge in [-0.15, -0.1) is 12.4 Å². The Hall–Kier alpha value is -3.61. The Morgan fingerprint density at radius 1 is 1.11 bits per heavy atom. The van der Waals surface area contributed by atoms with Crippen LogP contribution in [0, 0.1) is 0 Å². The molecule has 2 N–H and O–H groups in total. The lowest BCUT2D eigenvalue weighted by molar-refractivity contribution is -0.137. The normalized spacial score (nSPS) is 17.4. The van der Waals surface area contributed by atoms with E-state index in [1.165, 1.54) is 23.4 Å². The molecule has 2 saturated heterocycles. The Balaban J connectivity index is 0.00000289. The third-order valence-corrected chi connectivity index (χ3v) is 6.16. The van der Waals surface area contributed by atoms with Gasteiger partial charge in [0.15, 0.2) is 5.65 Å². The summed E-state index contributed by atoms with van der Waals surface area (Å²) in [6.45, 7) is 1.44. The van der Waals surface area contributed by atoms with Gasteiger partial charge in [0.25, 0.3) is 0 Å². The van der Waals surface area contributed by atoms with Crippen molar-refractivity contribution >= 4 is 41.6 Å². The van der Waals surface area contributed by atoms with E-state index < -0.39 is 23.2 Å². The summed E-state index contributed by atoms with van der Waals surface area (Å²) < 4.78 is 39.7. The van der Waals surface area contributed by atoms with Crippen molar-refractivity contribution in [3.05, 3.63) is 48.4 Å². The first kappa shape index (κ1) is 24.5. The third-order valence-electron chi connectivity index (χ3n) is 6.16. The fraction of sp³-hybridized carbons (Fsp3) is 0.381. The standard InChI is InChI=1S/C21H21F3N8O2.ClH/c22-21(23,24)14-1-3-15(4-2-14)28-17(33)11-31-12-20(29-19(31)34)6-9-30(10-7-20)18-25-8-5-16-26-13-27-32(16)18;/h1-5,8,13H,6-7,9-12H2,(H,28,33)(H,29,34);1H. The Bertz CT molecular complexity index is 1230. The molecule has 10 nitrogen and oxygen atoms in total. The monoisotopic (exact) mass is 510 g/mol. The summed E-state index contributed by atoms with van der Waals surface area (Å²) in [5.74, 6) is 0.202. The largest absolute Gasteiger partial charge is 0.416 e. The van der Waals surface area contributed by atoms with E-state index in [0.29, 0.717) is 44.1 Å². The molecule has 3 aromatic rings. The number of rotatable bonds is 4. The molecule has 2 aromatic heterocycles. The molecule has 2 fully saturated rings. The van der Waals surface area contributed by atoms with Crippen LogP contribution in [0.15, 0.2) is 42.9 Å². The summed E-state index contributed by atoms with van der Waals surface area (Å²) in [5, 5.41) is 9.77. The van der Waals surface area contributed by atoms with E-state index in [1.807, 2.05) is 0 Å². The van der Waals surface area contributed by atoms with Gasteiger partial charge < -0.3 is 20.4 Å². The zero-order valence-corrected chi connectivity index (χ0v) is 19.1. The zero-order chi connectivity index (χ0) is 23.9. The van der Waals surface area contributed by atoms with E-state index >= 15 is 0 Å². The highest BCUT2D eigenvalue weighted by molar-refractivity contribution is 5.94. The van der Waals surface area contributed by atoms with Crippen molar-refractivity contribution in [2.75, 3.05) is 36.4 Å². The molecule has 2 aliphatic rings. The van der Waals surface area contributed by atoms with Gasteiger partial charge in [-0.2, -0.15) is 22.8 Å². The van der Waals surface area contributed by atoms with Crippen LogP contribution < -0.4 is 15.5 Å². The Morgan fingerprint density at radius 3 is 2.51 bits per heavy atom. The second-order valence-corrected chi connectivity index (χ2v) is 8.45. The molecule has 35 heavy (non-hydrogen) atoms. The molecule has 0 unspecified atom stereocenters. The van der Waals surface area contributed by atoms with Crippen LogP contribution in [0.3, 0.4) is 0 Å². The molecule has 0 radical (unpaired) electrons. The molecule has 1 spiro atoms. The number of hydrogen-bond acceptors (Lipinski definition) is 6. The number of nitrogens with one attached hydrogen (secondary N) is 2. The minimum Gasteiger partial charge on any atom is -0.341 e. The molecule has 0 atom stereocenters. The van der Waals surface area contributed by atoms with E-state index in [2.05, 4.69) is 30.6 Å². The fourth-order valence-corrected chi connectivity index (χ4v) is 4.40. The lowest BCUT2D eigenvalue weighted by Crippen LogP contribution is -2.53. The molecule has 4 heterocycles. The molecular formula is C21H22ClF3N8O2. The van der Waals surface area contributed by atoms with Crippen LogP contribution in [-0.4, -0.2) is 68.1 Å². The summed E-state index contributed by atoms with van der Waals surface area (Å²) in [4.78, 5) is 37.1. The van der Waals surface area contributed by atoms with Crippen molar-refractivity contribution in [2.45, 2.75) is 24.6 Å². The van der Waals surface area contributed by atoms with Gasteiger partial charge >= 0.3 is 12.2 Å². The van der Waals surface area contributed by atoms with E-state index in [-0.39, 0.29) is 30.7 Å². The summed E-state index contributed by atoms with van der Waals surface area (Å²) >= 11 is 0. The van der Waals surface area contributed by atoms with E-state index in [0.717, 1.165) is 12.1 Å². The van der Waals surface area contributed by atoms with Gasteiger partial charge in [0.05, 0.1) is 11.1 Å². The molecule has 0 aliphatic carbocycles. The number of nitrogens with zero attached hydrogens (tertiary/aromatic N) is 6. The number of alkyl halides is 3. The number of fused-ring (bicyclic) bond motifs is 1. The van der Waals surface area contributed by atoms with Crippen molar-refractivity contribution in [2.24, 2.45) is 0 Å². The van der Waals surface area contributed by atoms with Crippen molar-refractivity contribution < 1.29 is 22.8 Å². The van der Waals surface area contributed by atoms with Crippen LogP contribution in [0.1, 0.15) is 18.4 Å². The second kappa shape index (κ2) is 9.21. The number of aromatic nitrogens is 4. The summed E-state index contributed by atoms with van der Waals surface area (Å²) in [6, 6.07) is 5.60. The lowest BCUT2D eigenvalue weighted by Gasteiger charge is -2.38. The van der Waals surface area contributed by atoms with Crippen LogP contribution in [0.2, 0.25) is 0 Å². The van der Waals surface area contributed by atoms with Crippen LogP contribution in [0.4, 0.5) is 29.6 Å². The molecule has 2 aliphatic heterocycles. The Labute approximate surface area is 203 Å². The number of anilines is 2. The van der Waals surface area contributed by atoms with Gasteiger partial charge in [0, 0.05) is 37.6 Å². The average Bonchev–Trinajstić information content (AvgIpc) is 3.39. The second-order valence-electron chi connectivity index (χ2n) is 8.45. The van der Waals surface area contributed by atoms with Crippen molar-refractivity contribution in [3.8, 4) is 0 Å². The number of carbonyl (C=O) groups excluding carboxylic acids is 2. The number of carbonyl (C=O) groups is 2. The Morgan fingerprint density at radius 2 is 1.83 bits per heavy atom. The maximum atomic E-state index is 12.7. The predicted octanol–water partition coefficient (Wildman–Crippen LogP) is 2.57. The molecular weight excluding hydrogens is 489 g/mol. The summed E-state index contributed by atoms with van der Waals surface area (Å²) in [7, 11) is 0. The first-order chi connectivity index (χ1) is 16.2. The number of hydrogen-bond donors (Lipinski definition) is 2. The van der Waals surface area contributed by atoms with Crippen LogP contribution >= 0.6 is 12.4 Å². The van der Waals surface area contributed by atoms with E-state index in [4.69, 9.17) is 0 Å². The molecule has 1 aromatic carbocycles. The highest BCUT2D eigenvalue weighted by atomic mass is 35.5. The van der Waals surface area contributed by atoms with Gasteiger partial charge in [-0.25, -0.2) is 14.8 Å². The first-order valence-electron chi connectivity index (χ1n) is 10.7. The van der Waals surface area contributed by atoms with Gasteiger partial charge in [0.2, 0.25) is 11.9 Å². The van der Waals surface area contributed by atoms with E-state index in [1.54, 1.807) is 16.8 Å². The SMILES string of the molecule is Cl.O=C(CN1CC2(CCN(c3nccc4ncnn34)CC2)NC1=O)Nc1ccc(C(F)(F)F)cc1. The van der Waals surface area contributed by atoms with E-state index in [9.17, 15) is 22.8 Å². The van der Waals surface area contributed by atoms with Gasteiger partial charge in [-0.3, -0.25) is 4.79 Å². The predicted molar refractivity (Wildman–Crippen MR) is 122 cm³/mol. The lowest BCUT2D eigenvalue weighted by atomic mass is 9.88. The molecule has 186 valence electrons. The fourth-order valence-electron chi connectivity index (χ4n) is 4.40. The maximum absolute atomic E-state index is 12.7.